The highest BCUT2D eigenvalue weighted by Crippen LogP contribution is 2.16. The van der Waals surface area contributed by atoms with Crippen LogP contribution in [0.5, 0.6) is 5.75 Å². The number of hydrogen-bond acceptors (Lipinski definition) is 4. The second kappa shape index (κ2) is 9.92. The Morgan fingerprint density at radius 3 is 2.41 bits per heavy atom. The molecule has 6 heteroatoms. The first-order chi connectivity index (χ1) is 15.6. The largest absolute Gasteiger partial charge is 0.497 e. The summed E-state index contributed by atoms with van der Waals surface area (Å²) in [5.74, 6) is 0.555. The van der Waals surface area contributed by atoms with E-state index in [0.29, 0.717) is 17.9 Å². The van der Waals surface area contributed by atoms with Crippen LogP contribution in [0.3, 0.4) is 0 Å². The number of nitrogens with one attached hydrogen (secondary N) is 1. The summed E-state index contributed by atoms with van der Waals surface area (Å²) in [6.45, 7) is 0.553. The lowest BCUT2D eigenvalue weighted by molar-refractivity contribution is -0.116. The van der Waals surface area contributed by atoms with E-state index in [9.17, 15) is 9.59 Å². The van der Waals surface area contributed by atoms with E-state index in [2.05, 4.69) is 22.4 Å². The van der Waals surface area contributed by atoms with Crippen LogP contribution in [0.1, 0.15) is 17.7 Å². The fourth-order valence-electron chi connectivity index (χ4n) is 3.65. The monoisotopic (exact) mass is 427 g/mol. The van der Waals surface area contributed by atoms with Crippen molar-refractivity contribution in [3.63, 3.8) is 0 Å². The lowest BCUT2D eigenvalue weighted by Crippen LogP contribution is -2.27. The predicted molar refractivity (Wildman–Crippen MR) is 126 cm³/mol. The van der Waals surface area contributed by atoms with E-state index in [1.165, 1.54) is 5.56 Å². The number of carbonyl (C=O) groups excluding carboxylic acids is 1. The fourth-order valence-corrected chi connectivity index (χ4v) is 3.65. The molecule has 0 radical (unpaired) electrons. The molecule has 1 heterocycles. The van der Waals surface area contributed by atoms with Crippen molar-refractivity contribution in [3.8, 4) is 5.75 Å². The molecule has 4 rings (SSSR count). The summed E-state index contributed by atoms with van der Waals surface area (Å²) in [5, 5.41) is 2.85. The summed E-state index contributed by atoms with van der Waals surface area (Å²) in [4.78, 5) is 30.2. The molecule has 1 aromatic heterocycles. The van der Waals surface area contributed by atoms with Gasteiger partial charge in [-0.05, 0) is 48.4 Å². The molecular formula is C26H25N3O3. The van der Waals surface area contributed by atoms with Gasteiger partial charge < -0.3 is 14.6 Å². The van der Waals surface area contributed by atoms with E-state index in [0.717, 1.165) is 23.2 Å². The Hall–Kier alpha value is -3.93. The molecule has 0 saturated carbocycles. The van der Waals surface area contributed by atoms with E-state index in [-0.39, 0.29) is 24.3 Å². The molecule has 0 saturated heterocycles. The Balaban J connectivity index is 1.51. The van der Waals surface area contributed by atoms with Gasteiger partial charge in [-0.1, -0.05) is 42.5 Å². The molecule has 1 amide bonds. The molecule has 0 unspecified atom stereocenters. The number of methoxy groups -OCH3 is 1. The van der Waals surface area contributed by atoms with Crippen LogP contribution in [-0.2, 0) is 24.2 Å². The number of para-hydroxylation sites is 2. The van der Waals surface area contributed by atoms with Crippen molar-refractivity contribution in [1.29, 1.82) is 0 Å². The average molecular weight is 428 g/mol. The molecule has 0 aliphatic rings. The predicted octanol–water partition coefficient (Wildman–Crippen LogP) is 4.22. The number of rotatable bonds is 8. The number of nitrogens with zero attached hydrogens (tertiary/aromatic N) is 2. The first-order valence-electron chi connectivity index (χ1n) is 10.6. The lowest BCUT2D eigenvalue weighted by atomic mass is 10.1. The maximum absolute atomic E-state index is 13.2. The van der Waals surface area contributed by atoms with Crippen molar-refractivity contribution in [2.45, 2.75) is 25.8 Å². The summed E-state index contributed by atoms with van der Waals surface area (Å²) in [6, 6.07) is 24.8. The lowest BCUT2D eigenvalue weighted by Gasteiger charge is -2.12. The Kier molecular flexibility index (Phi) is 6.60. The molecule has 0 spiro atoms. The van der Waals surface area contributed by atoms with Crippen molar-refractivity contribution in [2.75, 3.05) is 12.4 Å². The number of aromatic nitrogens is 2. The zero-order valence-corrected chi connectivity index (χ0v) is 18.0. The second-order valence-corrected chi connectivity index (χ2v) is 7.52. The third-order valence-corrected chi connectivity index (χ3v) is 5.35. The van der Waals surface area contributed by atoms with E-state index in [1.54, 1.807) is 35.9 Å². The van der Waals surface area contributed by atoms with Gasteiger partial charge >= 0.3 is 0 Å². The number of amides is 1. The van der Waals surface area contributed by atoms with Gasteiger partial charge in [0.1, 0.15) is 11.4 Å². The number of carbonyl (C=O) groups is 1. The van der Waals surface area contributed by atoms with E-state index in [4.69, 9.17) is 4.74 Å². The van der Waals surface area contributed by atoms with Crippen LogP contribution in [-0.4, -0.2) is 22.6 Å². The van der Waals surface area contributed by atoms with Crippen LogP contribution in [0, 0.1) is 0 Å². The fraction of sp³-hybridized carbons (Fsp3) is 0.192. The Morgan fingerprint density at radius 1 is 0.938 bits per heavy atom. The molecular weight excluding hydrogens is 402 g/mol. The normalized spacial score (nSPS) is 10.8. The number of aryl methyl sites for hydroxylation is 3. The molecule has 32 heavy (non-hydrogen) atoms. The molecule has 0 atom stereocenters. The second-order valence-electron chi connectivity index (χ2n) is 7.52. The molecule has 4 aromatic rings. The summed E-state index contributed by atoms with van der Waals surface area (Å²) in [7, 11) is 1.59. The third-order valence-electron chi connectivity index (χ3n) is 5.35. The van der Waals surface area contributed by atoms with Gasteiger partial charge in [-0.3, -0.25) is 9.59 Å². The van der Waals surface area contributed by atoms with Crippen molar-refractivity contribution < 1.29 is 9.53 Å². The molecule has 0 bridgehead atoms. The SMILES string of the molecule is COc1ccc(NC(=O)CCc2nc3ccccc3n(CCc3ccccc3)c2=O)cc1. The van der Waals surface area contributed by atoms with E-state index in [1.807, 2.05) is 42.5 Å². The highest BCUT2D eigenvalue weighted by atomic mass is 16.5. The Bertz CT molecular complexity index is 1270. The minimum Gasteiger partial charge on any atom is -0.497 e. The minimum atomic E-state index is -0.166. The van der Waals surface area contributed by atoms with Gasteiger partial charge in [-0.2, -0.15) is 0 Å². The average Bonchev–Trinajstić information content (AvgIpc) is 2.83. The molecule has 0 fully saturated rings. The Labute approximate surface area is 186 Å². The number of anilines is 1. The van der Waals surface area contributed by atoms with Gasteiger partial charge in [0.05, 0.1) is 18.1 Å². The number of hydrogen-bond donors (Lipinski definition) is 1. The van der Waals surface area contributed by atoms with Crippen LogP contribution in [0.15, 0.2) is 83.7 Å². The summed E-state index contributed by atoms with van der Waals surface area (Å²) in [6.07, 6.45) is 1.19. The molecule has 0 aliphatic heterocycles. The standard InChI is InChI=1S/C26H25N3O3/c1-32-21-13-11-20(12-14-21)27-25(30)16-15-23-26(31)29(18-17-19-7-3-2-4-8-19)24-10-6-5-9-22(24)28-23/h2-14H,15-18H2,1H3,(H,27,30). The van der Waals surface area contributed by atoms with Crippen LogP contribution >= 0.6 is 0 Å². The number of fused-ring (bicyclic) bond motifs is 1. The molecule has 6 nitrogen and oxygen atoms in total. The maximum Gasteiger partial charge on any atom is 0.272 e. The van der Waals surface area contributed by atoms with Crippen LogP contribution in [0.4, 0.5) is 5.69 Å². The van der Waals surface area contributed by atoms with Crippen molar-refractivity contribution in [3.05, 3.63) is 100 Å². The highest BCUT2D eigenvalue weighted by molar-refractivity contribution is 5.90. The van der Waals surface area contributed by atoms with E-state index >= 15 is 0 Å². The van der Waals surface area contributed by atoms with Crippen molar-refractivity contribution in [2.24, 2.45) is 0 Å². The van der Waals surface area contributed by atoms with Crippen LogP contribution < -0.4 is 15.6 Å². The Morgan fingerprint density at radius 2 is 1.66 bits per heavy atom. The molecule has 1 N–H and O–H groups in total. The highest BCUT2D eigenvalue weighted by Gasteiger charge is 2.13. The first kappa shape index (κ1) is 21.3. The van der Waals surface area contributed by atoms with Gasteiger partial charge in [-0.15, -0.1) is 0 Å². The van der Waals surface area contributed by atoms with Crippen molar-refractivity contribution in [1.82, 2.24) is 9.55 Å². The van der Waals surface area contributed by atoms with Crippen molar-refractivity contribution >= 4 is 22.6 Å². The zero-order chi connectivity index (χ0) is 22.3. The third kappa shape index (κ3) is 5.03. The summed E-state index contributed by atoms with van der Waals surface area (Å²) in [5.41, 5.74) is 3.67. The van der Waals surface area contributed by atoms with Gasteiger partial charge in [0.2, 0.25) is 5.91 Å². The number of benzene rings is 3. The topological polar surface area (TPSA) is 73.2 Å². The maximum atomic E-state index is 13.2. The quantitative estimate of drug-likeness (QED) is 0.457. The van der Waals surface area contributed by atoms with Crippen LogP contribution in [0.25, 0.3) is 11.0 Å². The molecule has 3 aromatic carbocycles. The first-order valence-corrected chi connectivity index (χ1v) is 10.6. The van der Waals surface area contributed by atoms with Gasteiger partial charge in [0.15, 0.2) is 0 Å². The minimum absolute atomic E-state index is 0.142. The van der Waals surface area contributed by atoms with E-state index < -0.39 is 0 Å². The smallest absolute Gasteiger partial charge is 0.272 e. The zero-order valence-electron chi connectivity index (χ0n) is 18.0. The van der Waals surface area contributed by atoms with Gasteiger partial charge in [0.25, 0.3) is 5.56 Å². The summed E-state index contributed by atoms with van der Waals surface area (Å²) >= 11 is 0. The molecule has 0 aliphatic carbocycles. The van der Waals surface area contributed by atoms with Gasteiger partial charge in [-0.25, -0.2) is 4.98 Å². The van der Waals surface area contributed by atoms with Crippen LogP contribution in [0.2, 0.25) is 0 Å². The number of ether oxygens (including phenoxy) is 1. The van der Waals surface area contributed by atoms with Gasteiger partial charge in [0, 0.05) is 25.1 Å². The molecule has 162 valence electrons. The summed E-state index contributed by atoms with van der Waals surface area (Å²) < 4.78 is 6.90.